The Labute approximate surface area is 64.1 Å². The third-order valence-corrected chi connectivity index (χ3v) is 3.72. The molecule has 62 valence electrons. The molecule has 0 bridgehead atoms. The predicted molar refractivity (Wildman–Crippen MR) is 37.9 cm³/mol. The summed E-state index contributed by atoms with van der Waals surface area (Å²) in [4.78, 5) is 10.7. The number of urea groups is 1. The number of carbonyl (C=O) groups excluding carboxylic acids is 1. The molecule has 5 nitrogen and oxygen atoms in total. The molecule has 0 aromatic carbocycles. The Morgan fingerprint density at radius 1 is 1.18 bits per heavy atom. The van der Waals surface area contributed by atoms with E-state index in [-0.39, 0.29) is 29.6 Å². The van der Waals surface area contributed by atoms with Crippen molar-refractivity contribution in [3.8, 4) is 0 Å². The van der Waals surface area contributed by atoms with Gasteiger partial charge in [0.25, 0.3) is 0 Å². The van der Waals surface area contributed by atoms with Crippen LogP contribution in [0.3, 0.4) is 0 Å². The van der Waals surface area contributed by atoms with Gasteiger partial charge in [0.15, 0.2) is 9.84 Å². The zero-order valence-corrected chi connectivity index (χ0v) is 6.52. The maximum atomic E-state index is 11.0. The summed E-state index contributed by atoms with van der Waals surface area (Å²) < 4.78 is 21.9. The molecule has 2 saturated heterocycles. The molecule has 2 fully saturated rings. The Morgan fingerprint density at radius 3 is 2.09 bits per heavy atom. The Hall–Kier alpha value is -0.780. The smallest absolute Gasteiger partial charge is 0.315 e. The number of hydrogen-bond acceptors (Lipinski definition) is 3. The third kappa shape index (κ3) is 1.07. The summed E-state index contributed by atoms with van der Waals surface area (Å²) in [5.41, 5.74) is 0. The highest BCUT2D eigenvalue weighted by molar-refractivity contribution is 7.91. The van der Waals surface area contributed by atoms with Crippen molar-refractivity contribution >= 4 is 15.9 Å². The molecule has 0 aromatic heterocycles. The third-order valence-electron chi connectivity index (χ3n) is 1.99. The van der Waals surface area contributed by atoms with Gasteiger partial charge in [-0.3, -0.25) is 0 Å². The van der Waals surface area contributed by atoms with Crippen LogP contribution in [-0.4, -0.2) is 38.0 Å². The first-order valence-electron chi connectivity index (χ1n) is 3.34. The van der Waals surface area contributed by atoms with E-state index in [9.17, 15) is 13.2 Å². The van der Waals surface area contributed by atoms with Crippen molar-refractivity contribution in [1.82, 2.24) is 10.6 Å². The van der Waals surface area contributed by atoms with Crippen molar-refractivity contribution in [1.29, 1.82) is 0 Å². The molecular formula is C5H8N2O3S. The minimum absolute atomic E-state index is 0.0798. The van der Waals surface area contributed by atoms with Gasteiger partial charge in [-0.2, -0.15) is 0 Å². The van der Waals surface area contributed by atoms with Gasteiger partial charge < -0.3 is 10.6 Å². The fourth-order valence-corrected chi connectivity index (χ4v) is 3.37. The summed E-state index contributed by atoms with van der Waals surface area (Å²) in [6.07, 6.45) is 0. The number of carbonyl (C=O) groups is 1. The van der Waals surface area contributed by atoms with Gasteiger partial charge in [0.1, 0.15) is 0 Å². The molecule has 2 amide bonds. The lowest BCUT2D eigenvalue weighted by Crippen LogP contribution is -2.31. The number of amides is 2. The Morgan fingerprint density at radius 2 is 1.64 bits per heavy atom. The minimum Gasteiger partial charge on any atom is -0.332 e. The summed E-state index contributed by atoms with van der Waals surface area (Å²) in [6, 6.07) is -0.658. The maximum Gasteiger partial charge on any atom is 0.315 e. The van der Waals surface area contributed by atoms with Crippen molar-refractivity contribution in [3.63, 3.8) is 0 Å². The monoisotopic (exact) mass is 176 g/mol. The lowest BCUT2D eigenvalue weighted by molar-refractivity contribution is 0.247. The highest BCUT2D eigenvalue weighted by atomic mass is 32.2. The van der Waals surface area contributed by atoms with E-state index in [1.807, 2.05) is 0 Å². The van der Waals surface area contributed by atoms with Gasteiger partial charge >= 0.3 is 6.03 Å². The lowest BCUT2D eigenvalue weighted by atomic mass is 10.2. The molecule has 0 saturated carbocycles. The van der Waals surface area contributed by atoms with Crippen LogP contribution in [0.25, 0.3) is 0 Å². The second-order valence-electron chi connectivity index (χ2n) is 2.91. The van der Waals surface area contributed by atoms with E-state index < -0.39 is 9.84 Å². The second-order valence-corrected chi connectivity index (χ2v) is 5.06. The number of rotatable bonds is 0. The summed E-state index contributed by atoms with van der Waals surface area (Å²) >= 11 is 0. The van der Waals surface area contributed by atoms with Gasteiger partial charge in [0.2, 0.25) is 0 Å². The Bertz CT molecular complexity index is 275. The number of sulfone groups is 1. The standard InChI is InChI=1S/C5H8N2O3S/c8-5-6-3-1-11(9,10)2-4(3)7-5/h3-4H,1-2H2,(H2,6,7,8)/t3-,4-/m0/s1. The van der Waals surface area contributed by atoms with Crippen molar-refractivity contribution in [2.24, 2.45) is 0 Å². The molecule has 2 aliphatic heterocycles. The fourth-order valence-electron chi connectivity index (χ4n) is 1.51. The molecule has 2 aliphatic rings. The molecule has 6 heteroatoms. The van der Waals surface area contributed by atoms with E-state index >= 15 is 0 Å². The Balaban J connectivity index is 2.22. The van der Waals surface area contributed by atoms with Crippen LogP contribution in [0.4, 0.5) is 4.79 Å². The summed E-state index contributed by atoms with van der Waals surface area (Å²) in [5.74, 6) is 0.160. The van der Waals surface area contributed by atoms with Crippen LogP contribution in [0, 0.1) is 0 Å². The average molecular weight is 176 g/mol. The van der Waals surface area contributed by atoms with Gasteiger partial charge in [-0.15, -0.1) is 0 Å². The molecule has 11 heavy (non-hydrogen) atoms. The first kappa shape index (κ1) is 6.90. The van der Waals surface area contributed by atoms with E-state index in [0.717, 1.165) is 0 Å². The largest absolute Gasteiger partial charge is 0.332 e. The normalized spacial score (nSPS) is 39.5. The number of hydrogen-bond donors (Lipinski definition) is 2. The van der Waals surface area contributed by atoms with Gasteiger partial charge in [0, 0.05) is 0 Å². The SMILES string of the molecule is O=C1N[C@H]2CS(=O)(=O)C[C@@H]2N1. The summed E-state index contributed by atoms with van der Waals surface area (Å²) in [6.45, 7) is 0. The van der Waals surface area contributed by atoms with Crippen LogP contribution < -0.4 is 10.6 Å². The van der Waals surface area contributed by atoms with E-state index in [2.05, 4.69) is 10.6 Å². The van der Waals surface area contributed by atoms with Crippen LogP contribution in [0.1, 0.15) is 0 Å². The zero-order chi connectivity index (χ0) is 8.06. The van der Waals surface area contributed by atoms with Crippen molar-refractivity contribution in [2.45, 2.75) is 12.1 Å². The molecule has 2 atom stereocenters. The topological polar surface area (TPSA) is 75.3 Å². The van der Waals surface area contributed by atoms with E-state index in [1.165, 1.54) is 0 Å². The summed E-state index contributed by atoms with van der Waals surface area (Å²) in [7, 11) is -2.91. The Kier molecular flexibility index (Phi) is 1.18. The van der Waals surface area contributed by atoms with Gasteiger partial charge in [-0.05, 0) is 0 Å². The molecule has 0 spiro atoms. The molecule has 0 aliphatic carbocycles. The lowest BCUT2D eigenvalue weighted by Gasteiger charge is -2.01. The van der Waals surface area contributed by atoms with Crippen LogP contribution in [0.2, 0.25) is 0 Å². The van der Waals surface area contributed by atoms with E-state index in [4.69, 9.17) is 0 Å². The van der Waals surface area contributed by atoms with Gasteiger partial charge in [-0.25, -0.2) is 13.2 Å². The quantitative estimate of drug-likeness (QED) is 0.439. The average Bonchev–Trinajstić information content (AvgIpc) is 2.17. The number of fused-ring (bicyclic) bond motifs is 1. The van der Waals surface area contributed by atoms with Crippen molar-refractivity contribution in [3.05, 3.63) is 0 Å². The van der Waals surface area contributed by atoms with Crippen LogP contribution in [0.15, 0.2) is 0 Å². The maximum absolute atomic E-state index is 11.0. The first-order valence-corrected chi connectivity index (χ1v) is 5.16. The van der Waals surface area contributed by atoms with E-state index in [1.54, 1.807) is 0 Å². The van der Waals surface area contributed by atoms with Crippen LogP contribution in [0.5, 0.6) is 0 Å². The molecule has 0 radical (unpaired) electrons. The first-order chi connectivity index (χ1) is 5.07. The van der Waals surface area contributed by atoms with Crippen molar-refractivity contribution < 1.29 is 13.2 Å². The molecule has 0 unspecified atom stereocenters. The molecule has 2 heterocycles. The predicted octanol–water partition coefficient (Wildman–Crippen LogP) is -1.54. The highest BCUT2D eigenvalue weighted by Crippen LogP contribution is 2.15. The fraction of sp³-hybridized carbons (Fsp3) is 0.800. The zero-order valence-electron chi connectivity index (χ0n) is 5.70. The number of nitrogens with one attached hydrogen (secondary N) is 2. The van der Waals surface area contributed by atoms with Gasteiger partial charge in [-0.1, -0.05) is 0 Å². The minimum atomic E-state index is -2.91. The van der Waals surface area contributed by atoms with E-state index in [0.29, 0.717) is 0 Å². The molecule has 2 rings (SSSR count). The van der Waals surface area contributed by atoms with Crippen LogP contribution in [-0.2, 0) is 9.84 Å². The molecular weight excluding hydrogens is 168 g/mol. The van der Waals surface area contributed by atoms with Crippen LogP contribution >= 0.6 is 0 Å². The molecule has 2 N–H and O–H groups in total. The second kappa shape index (κ2) is 1.88. The summed E-state index contributed by atoms with van der Waals surface area (Å²) in [5, 5.41) is 5.08. The molecule has 0 aromatic rings. The highest BCUT2D eigenvalue weighted by Gasteiger charge is 2.43. The van der Waals surface area contributed by atoms with Gasteiger partial charge in [0.05, 0.1) is 23.6 Å². The van der Waals surface area contributed by atoms with Crippen molar-refractivity contribution in [2.75, 3.05) is 11.5 Å².